The predicted octanol–water partition coefficient (Wildman–Crippen LogP) is 4.07. The Morgan fingerprint density at radius 2 is 1.60 bits per heavy atom. The van der Waals surface area contributed by atoms with Crippen LogP contribution >= 0.6 is 0 Å². The van der Waals surface area contributed by atoms with Crippen LogP contribution in [0.5, 0.6) is 0 Å². The normalized spacial score (nSPS) is 9.60. The zero-order valence-corrected chi connectivity index (χ0v) is 9.96. The Hall–Kier alpha value is -1.50. The molecule has 0 atom stereocenters. The van der Waals surface area contributed by atoms with Crippen LogP contribution < -0.4 is 5.73 Å². The first kappa shape index (κ1) is 11.6. The maximum atomic E-state index is 5.82. The summed E-state index contributed by atoms with van der Waals surface area (Å²) in [6.07, 6.45) is 0. The highest BCUT2D eigenvalue weighted by atomic mass is 14.6. The van der Waals surface area contributed by atoms with E-state index >= 15 is 0 Å². The summed E-state index contributed by atoms with van der Waals surface area (Å²) in [7, 11) is 0. The van der Waals surface area contributed by atoms with Crippen LogP contribution in [0, 0.1) is 13.8 Å². The van der Waals surface area contributed by atoms with Crippen LogP contribution in [0.15, 0.2) is 30.3 Å². The first-order valence-electron chi connectivity index (χ1n) is 5.44. The first-order valence-corrected chi connectivity index (χ1v) is 5.44. The quantitative estimate of drug-likeness (QED) is 0.639. The van der Waals surface area contributed by atoms with Crippen LogP contribution in [-0.4, -0.2) is 0 Å². The number of hydrogen-bond acceptors (Lipinski definition) is 1. The minimum atomic E-state index is 0.872. The number of hydrogen-bond donors (Lipinski definition) is 1. The number of anilines is 1. The molecule has 2 N–H and O–H groups in total. The van der Waals surface area contributed by atoms with E-state index < -0.39 is 0 Å². The largest absolute Gasteiger partial charge is 0.398 e. The third-order valence-corrected chi connectivity index (χ3v) is 2.49. The Balaban J connectivity index is 0.000000531. The van der Waals surface area contributed by atoms with E-state index in [0.29, 0.717) is 0 Å². The summed E-state index contributed by atoms with van der Waals surface area (Å²) in [6.45, 7) is 8.16. The zero-order chi connectivity index (χ0) is 11.4. The SMILES string of the molecule is CC.Cc1ccc2c(C)c(N)ccc2c1. The lowest BCUT2D eigenvalue weighted by Crippen LogP contribution is -1.90. The highest BCUT2D eigenvalue weighted by Crippen LogP contribution is 2.23. The van der Waals surface area contributed by atoms with Crippen molar-refractivity contribution in [2.75, 3.05) is 5.73 Å². The third-order valence-electron chi connectivity index (χ3n) is 2.49. The van der Waals surface area contributed by atoms with Crippen molar-refractivity contribution in [2.24, 2.45) is 0 Å². The molecular weight excluding hydrogens is 182 g/mol. The number of rotatable bonds is 0. The molecule has 0 aromatic heterocycles. The topological polar surface area (TPSA) is 26.0 Å². The molecule has 0 aliphatic carbocycles. The lowest BCUT2D eigenvalue weighted by atomic mass is 10.0. The lowest BCUT2D eigenvalue weighted by Gasteiger charge is -2.05. The van der Waals surface area contributed by atoms with Crippen molar-refractivity contribution >= 4 is 16.5 Å². The average molecular weight is 201 g/mol. The summed E-state index contributed by atoms with van der Waals surface area (Å²) in [5.74, 6) is 0. The molecule has 1 nitrogen and oxygen atoms in total. The molecule has 0 saturated heterocycles. The summed E-state index contributed by atoms with van der Waals surface area (Å²) < 4.78 is 0. The lowest BCUT2D eigenvalue weighted by molar-refractivity contribution is 1.47. The summed E-state index contributed by atoms with van der Waals surface area (Å²) in [6, 6.07) is 10.5. The highest BCUT2D eigenvalue weighted by molar-refractivity contribution is 5.89. The Morgan fingerprint density at radius 3 is 2.27 bits per heavy atom. The van der Waals surface area contributed by atoms with Crippen LogP contribution in [0.2, 0.25) is 0 Å². The molecule has 0 heterocycles. The second kappa shape index (κ2) is 4.83. The molecule has 0 radical (unpaired) electrons. The van der Waals surface area contributed by atoms with Crippen LogP contribution in [0.4, 0.5) is 5.69 Å². The van der Waals surface area contributed by atoms with Gasteiger partial charge in [0.25, 0.3) is 0 Å². The van der Waals surface area contributed by atoms with Crippen molar-refractivity contribution in [2.45, 2.75) is 27.7 Å². The van der Waals surface area contributed by atoms with E-state index in [0.717, 1.165) is 5.69 Å². The van der Waals surface area contributed by atoms with Gasteiger partial charge in [0.1, 0.15) is 0 Å². The van der Waals surface area contributed by atoms with E-state index in [2.05, 4.69) is 38.1 Å². The van der Waals surface area contributed by atoms with Gasteiger partial charge in [0.15, 0.2) is 0 Å². The Labute approximate surface area is 91.9 Å². The maximum Gasteiger partial charge on any atom is 0.0350 e. The van der Waals surface area contributed by atoms with E-state index in [1.54, 1.807) is 0 Å². The predicted molar refractivity (Wildman–Crippen MR) is 69.2 cm³/mol. The minimum Gasteiger partial charge on any atom is -0.398 e. The zero-order valence-electron chi connectivity index (χ0n) is 9.96. The molecule has 0 spiro atoms. The van der Waals surface area contributed by atoms with Crippen LogP contribution in [-0.2, 0) is 0 Å². The molecule has 1 heteroatoms. The monoisotopic (exact) mass is 201 g/mol. The van der Waals surface area contributed by atoms with Crippen molar-refractivity contribution in [1.29, 1.82) is 0 Å². The Bertz CT molecular complexity index is 458. The van der Waals surface area contributed by atoms with Gasteiger partial charge in [-0.25, -0.2) is 0 Å². The molecule has 0 fully saturated rings. The molecule has 2 aromatic carbocycles. The van der Waals surface area contributed by atoms with E-state index in [4.69, 9.17) is 5.73 Å². The fourth-order valence-corrected chi connectivity index (χ4v) is 1.62. The number of aryl methyl sites for hydroxylation is 2. The summed E-state index contributed by atoms with van der Waals surface area (Å²) in [5, 5.41) is 2.53. The van der Waals surface area contributed by atoms with E-state index in [-0.39, 0.29) is 0 Å². The van der Waals surface area contributed by atoms with E-state index in [1.807, 2.05) is 19.9 Å². The van der Waals surface area contributed by atoms with Gasteiger partial charge in [-0.15, -0.1) is 0 Å². The van der Waals surface area contributed by atoms with Crippen molar-refractivity contribution in [1.82, 2.24) is 0 Å². The second-order valence-corrected chi connectivity index (χ2v) is 3.50. The number of nitrogen functional groups attached to an aromatic ring is 1. The molecule has 2 aromatic rings. The highest BCUT2D eigenvalue weighted by Gasteiger charge is 1.99. The molecule has 0 unspecified atom stereocenters. The molecule has 0 saturated carbocycles. The maximum absolute atomic E-state index is 5.82. The molecule has 0 aliphatic rings. The Morgan fingerprint density at radius 1 is 0.933 bits per heavy atom. The van der Waals surface area contributed by atoms with Crippen molar-refractivity contribution in [3.63, 3.8) is 0 Å². The number of nitrogens with two attached hydrogens (primary N) is 1. The van der Waals surface area contributed by atoms with Gasteiger partial charge < -0.3 is 5.73 Å². The van der Waals surface area contributed by atoms with Crippen LogP contribution in [0.1, 0.15) is 25.0 Å². The van der Waals surface area contributed by atoms with Crippen molar-refractivity contribution in [3.05, 3.63) is 41.5 Å². The molecule has 80 valence electrons. The Kier molecular flexibility index (Phi) is 3.73. The number of fused-ring (bicyclic) bond motifs is 1. The molecular formula is C14H19N. The van der Waals surface area contributed by atoms with Gasteiger partial charge in [0, 0.05) is 5.69 Å². The van der Waals surface area contributed by atoms with Crippen LogP contribution in [0.25, 0.3) is 10.8 Å². The van der Waals surface area contributed by atoms with Gasteiger partial charge in [-0.1, -0.05) is 43.7 Å². The molecule has 0 amide bonds. The third kappa shape index (κ3) is 2.30. The van der Waals surface area contributed by atoms with E-state index in [9.17, 15) is 0 Å². The van der Waals surface area contributed by atoms with Gasteiger partial charge in [0.05, 0.1) is 0 Å². The summed E-state index contributed by atoms with van der Waals surface area (Å²) in [4.78, 5) is 0. The van der Waals surface area contributed by atoms with Crippen molar-refractivity contribution < 1.29 is 0 Å². The standard InChI is InChI=1S/C12H13N.C2H6/c1-8-3-5-11-9(2)12(13)6-4-10(11)7-8;1-2/h3-7H,13H2,1-2H3;1-2H3. The summed E-state index contributed by atoms with van der Waals surface area (Å²) >= 11 is 0. The summed E-state index contributed by atoms with van der Waals surface area (Å²) in [5.41, 5.74) is 9.16. The van der Waals surface area contributed by atoms with Gasteiger partial charge in [-0.3, -0.25) is 0 Å². The fraction of sp³-hybridized carbons (Fsp3) is 0.286. The molecule has 2 rings (SSSR count). The fourth-order valence-electron chi connectivity index (χ4n) is 1.62. The second-order valence-electron chi connectivity index (χ2n) is 3.50. The molecule has 0 aliphatic heterocycles. The van der Waals surface area contributed by atoms with E-state index in [1.165, 1.54) is 21.9 Å². The smallest absolute Gasteiger partial charge is 0.0350 e. The molecule has 0 bridgehead atoms. The van der Waals surface area contributed by atoms with Crippen molar-refractivity contribution in [3.8, 4) is 0 Å². The van der Waals surface area contributed by atoms with Gasteiger partial charge >= 0.3 is 0 Å². The van der Waals surface area contributed by atoms with Gasteiger partial charge in [0.2, 0.25) is 0 Å². The molecule has 15 heavy (non-hydrogen) atoms. The average Bonchev–Trinajstić information content (AvgIpc) is 2.26. The first-order chi connectivity index (χ1) is 7.18. The van der Waals surface area contributed by atoms with Gasteiger partial charge in [-0.2, -0.15) is 0 Å². The van der Waals surface area contributed by atoms with Crippen LogP contribution in [0.3, 0.4) is 0 Å². The minimum absolute atomic E-state index is 0.872. The number of benzene rings is 2. The van der Waals surface area contributed by atoms with Gasteiger partial charge in [-0.05, 0) is 36.2 Å².